The van der Waals surface area contributed by atoms with Crippen molar-refractivity contribution < 1.29 is 14.3 Å². The van der Waals surface area contributed by atoms with E-state index in [4.69, 9.17) is 9.47 Å². The van der Waals surface area contributed by atoms with Gasteiger partial charge in [-0.3, -0.25) is 4.79 Å². The summed E-state index contributed by atoms with van der Waals surface area (Å²) in [6.07, 6.45) is 2.06. The van der Waals surface area contributed by atoms with Crippen LogP contribution in [0.15, 0.2) is 0 Å². The highest BCUT2D eigenvalue weighted by atomic mass is 16.5. The van der Waals surface area contributed by atoms with Crippen LogP contribution in [0.25, 0.3) is 0 Å². The van der Waals surface area contributed by atoms with Crippen LogP contribution >= 0.6 is 0 Å². The lowest BCUT2D eigenvalue weighted by Crippen LogP contribution is -2.41. The fourth-order valence-corrected chi connectivity index (χ4v) is 1.47. The summed E-state index contributed by atoms with van der Waals surface area (Å²) in [4.78, 5) is 12.1. The molecule has 0 unspecified atom stereocenters. The Morgan fingerprint density at radius 2 is 1.65 bits per heavy atom. The van der Waals surface area contributed by atoms with Crippen molar-refractivity contribution in [2.45, 2.75) is 54.4 Å². The zero-order valence-corrected chi connectivity index (χ0v) is 14.2. The molecule has 1 amide bonds. The van der Waals surface area contributed by atoms with Crippen molar-refractivity contribution in [3.63, 3.8) is 0 Å². The SMILES string of the molecule is CCCOCCNC(=O)C(C)(C)COCC(C)(C)CC. The number of amides is 1. The van der Waals surface area contributed by atoms with Crippen LogP contribution in [-0.4, -0.2) is 38.9 Å². The first-order valence-electron chi connectivity index (χ1n) is 7.69. The molecule has 0 aliphatic rings. The van der Waals surface area contributed by atoms with Gasteiger partial charge in [0.05, 0.1) is 25.2 Å². The quantitative estimate of drug-likeness (QED) is 0.594. The lowest BCUT2D eigenvalue weighted by atomic mass is 9.90. The summed E-state index contributed by atoms with van der Waals surface area (Å²) in [5.41, 5.74) is -0.338. The predicted octanol–water partition coefficient (Wildman–Crippen LogP) is 3.01. The highest BCUT2D eigenvalue weighted by Crippen LogP contribution is 2.22. The third-order valence-electron chi connectivity index (χ3n) is 3.41. The van der Waals surface area contributed by atoms with Crippen LogP contribution in [-0.2, 0) is 14.3 Å². The summed E-state index contributed by atoms with van der Waals surface area (Å²) in [5, 5.41) is 2.90. The standard InChI is InChI=1S/C16H33NO3/c1-7-10-19-11-9-17-14(18)16(5,6)13-20-12-15(3,4)8-2/h7-13H2,1-6H3,(H,17,18). The van der Waals surface area contributed by atoms with Crippen LogP contribution in [0.4, 0.5) is 0 Å². The van der Waals surface area contributed by atoms with Crippen LogP contribution in [0.2, 0.25) is 0 Å². The lowest BCUT2D eigenvalue weighted by molar-refractivity contribution is -0.133. The Kier molecular flexibility index (Phi) is 9.06. The van der Waals surface area contributed by atoms with E-state index in [1.54, 1.807) is 0 Å². The third-order valence-corrected chi connectivity index (χ3v) is 3.41. The maximum absolute atomic E-state index is 12.1. The average Bonchev–Trinajstić information content (AvgIpc) is 2.37. The van der Waals surface area contributed by atoms with Crippen molar-refractivity contribution >= 4 is 5.91 Å². The minimum absolute atomic E-state index is 0.0203. The van der Waals surface area contributed by atoms with Gasteiger partial charge < -0.3 is 14.8 Å². The summed E-state index contributed by atoms with van der Waals surface area (Å²) in [6.45, 7) is 15.4. The van der Waals surface area contributed by atoms with Gasteiger partial charge in [-0.2, -0.15) is 0 Å². The molecule has 0 saturated heterocycles. The maximum Gasteiger partial charge on any atom is 0.228 e. The van der Waals surface area contributed by atoms with Gasteiger partial charge in [-0.15, -0.1) is 0 Å². The first kappa shape index (κ1) is 19.4. The first-order chi connectivity index (χ1) is 9.25. The molecule has 0 aliphatic carbocycles. The molecule has 0 aliphatic heterocycles. The number of hydrogen-bond donors (Lipinski definition) is 1. The monoisotopic (exact) mass is 287 g/mol. The Morgan fingerprint density at radius 1 is 1.00 bits per heavy atom. The largest absolute Gasteiger partial charge is 0.380 e. The molecule has 0 aromatic rings. The predicted molar refractivity (Wildman–Crippen MR) is 82.8 cm³/mol. The number of carbonyl (C=O) groups excluding carboxylic acids is 1. The van der Waals surface area contributed by atoms with Crippen molar-refractivity contribution in [3.8, 4) is 0 Å². The molecule has 4 nitrogen and oxygen atoms in total. The number of hydrogen-bond acceptors (Lipinski definition) is 3. The van der Waals surface area contributed by atoms with E-state index in [-0.39, 0.29) is 11.3 Å². The van der Waals surface area contributed by atoms with Crippen molar-refractivity contribution in [2.24, 2.45) is 10.8 Å². The van der Waals surface area contributed by atoms with Gasteiger partial charge in [-0.1, -0.05) is 27.7 Å². The Hall–Kier alpha value is -0.610. The molecule has 0 atom stereocenters. The van der Waals surface area contributed by atoms with Gasteiger partial charge in [-0.25, -0.2) is 0 Å². The second-order valence-electron chi connectivity index (χ2n) is 6.76. The molecular formula is C16H33NO3. The second kappa shape index (κ2) is 9.35. The van der Waals surface area contributed by atoms with E-state index in [9.17, 15) is 4.79 Å². The molecule has 1 N–H and O–H groups in total. The molecular weight excluding hydrogens is 254 g/mol. The maximum atomic E-state index is 12.1. The van der Waals surface area contributed by atoms with Crippen molar-refractivity contribution in [3.05, 3.63) is 0 Å². The van der Waals surface area contributed by atoms with Crippen LogP contribution in [0.3, 0.4) is 0 Å². The number of nitrogens with one attached hydrogen (secondary N) is 1. The van der Waals surface area contributed by atoms with Gasteiger partial charge in [0.15, 0.2) is 0 Å². The van der Waals surface area contributed by atoms with E-state index in [1.807, 2.05) is 13.8 Å². The van der Waals surface area contributed by atoms with E-state index in [0.29, 0.717) is 26.4 Å². The van der Waals surface area contributed by atoms with Crippen molar-refractivity contribution in [2.75, 3.05) is 33.0 Å². The molecule has 0 aromatic carbocycles. The minimum Gasteiger partial charge on any atom is -0.380 e. The van der Waals surface area contributed by atoms with Gasteiger partial charge in [-0.05, 0) is 32.1 Å². The van der Waals surface area contributed by atoms with Crippen LogP contribution in [0.5, 0.6) is 0 Å². The lowest BCUT2D eigenvalue weighted by Gasteiger charge is -2.27. The van der Waals surface area contributed by atoms with Crippen molar-refractivity contribution in [1.29, 1.82) is 0 Å². The minimum atomic E-state index is -0.505. The highest BCUT2D eigenvalue weighted by molar-refractivity contribution is 5.81. The molecule has 20 heavy (non-hydrogen) atoms. The Morgan fingerprint density at radius 3 is 2.20 bits per heavy atom. The molecule has 0 bridgehead atoms. The summed E-state index contributed by atoms with van der Waals surface area (Å²) in [6, 6.07) is 0. The fraction of sp³-hybridized carbons (Fsp3) is 0.938. The Balaban J connectivity index is 3.93. The molecule has 0 saturated carbocycles. The zero-order valence-electron chi connectivity index (χ0n) is 14.2. The van der Waals surface area contributed by atoms with Crippen LogP contribution in [0.1, 0.15) is 54.4 Å². The van der Waals surface area contributed by atoms with E-state index < -0.39 is 5.41 Å². The van der Waals surface area contributed by atoms with E-state index in [1.165, 1.54) is 0 Å². The molecule has 0 fully saturated rings. The number of rotatable bonds is 11. The Bertz CT molecular complexity index is 275. The molecule has 0 radical (unpaired) electrons. The molecule has 4 heteroatoms. The molecule has 0 spiro atoms. The normalized spacial score (nSPS) is 12.5. The molecule has 120 valence electrons. The summed E-state index contributed by atoms with van der Waals surface area (Å²) < 4.78 is 11.1. The summed E-state index contributed by atoms with van der Waals surface area (Å²) >= 11 is 0. The second-order valence-corrected chi connectivity index (χ2v) is 6.76. The summed E-state index contributed by atoms with van der Waals surface area (Å²) in [5.74, 6) is 0.0203. The molecule has 0 aromatic heterocycles. The Labute approximate surface area is 124 Å². The van der Waals surface area contributed by atoms with Crippen molar-refractivity contribution in [1.82, 2.24) is 5.32 Å². The van der Waals surface area contributed by atoms with Crippen LogP contribution < -0.4 is 5.32 Å². The van der Waals surface area contributed by atoms with Gasteiger partial charge in [0.1, 0.15) is 0 Å². The first-order valence-corrected chi connectivity index (χ1v) is 7.69. The number of ether oxygens (including phenoxy) is 2. The zero-order chi connectivity index (χ0) is 15.6. The van der Waals surface area contributed by atoms with E-state index in [2.05, 4.69) is 33.0 Å². The van der Waals surface area contributed by atoms with Gasteiger partial charge >= 0.3 is 0 Å². The van der Waals surface area contributed by atoms with Crippen LogP contribution in [0, 0.1) is 10.8 Å². The third kappa shape index (κ3) is 8.54. The topological polar surface area (TPSA) is 47.6 Å². The van der Waals surface area contributed by atoms with E-state index >= 15 is 0 Å². The highest BCUT2D eigenvalue weighted by Gasteiger charge is 2.28. The smallest absolute Gasteiger partial charge is 0.228 e. The van der Waals surface area contributed by atoms with E-state index in [0.717, 1.165) is 19.4 Å². The fourth-order valence-electron chi connectivity index (χ4n) is 1.47. The molecule has 0 heterocycles. The van der Waals surface area contributed by atoms with Gasteiger partial charge in [0, 0.05) is 13.2 Å². The van der Waals surface area contributed by atoms with Gasteiger partial charge in [0.25, 0.3) is 0 Å². The molecule has 0 rings (SSSR count). The van der Waals surface area contributed by atoms with Gasteiger partial charge in [0.2, 0.25) is 5.91 Å². The summed E-state index contributed by atoms with van der Waals surface area (Å²) in [7, 11) is 0. The average molecular weight is 287 g/mol. The number of carbonyl (C=O) groups is 1.